The number of hydrogen-bond donors (Lipinski definition) is 1. The number of benzene rings is 2. The SMILES string of the molecule is CC(C)Cn1c(SCC(=O)c2ccc3c(c2)CCC(=O)N3)nc2ccc(Cl)cc2c1=O. The van der Waals surface area contributed by atoms with E-state index in [0.29, 0.717) is 46.0 Å². The van der Waals surface area contributed by atoms with Crippen LogP contribution in [-0.4, -0.2) is 27.0 Å². The van der Waals surface area contributed by atoms with Crippen molar-refractivity contribution in [1.82, 2.24) is 9.55 Å². The average molecular weight is 456 g/mol. The molecule has 0 fully saturated rings. The lowest BCUT2D eigenvalue weighted by Gasteiger charge is -2.17. The number of ketones is 1. The van der Waals surface area contributed by atoms with Crippen molar-refractivity contribution in [3.8, 4) is 0 Å². The standard InChI is InChI=1S/C23H22ClN3O3S/c1-13(2)11-27-22(30)17-10-16(24)5-7-19(17)26-23(27)31-12-20(28)15-3-6-18-14(9-15)4-8-21(29)25-18/h3,5-7,9-10,13H,4,8,11-12H2,1-2H3,(H,25,29). The number of halogens is 1. The summed E-state index contributed by atoms with van der Waals surface area (Å²) in [6.07, 6.45) is 1.05. The van der Waals surface area contributed by atoms with E-state index in [0.717, 1.165) is 11.3 Å². The monoisotopic (exact) mass is 455 g/mol. The summed E-state index contributed by atoms with van der Waals surface area (Å²) < 4.78 is 1.63. The number of fused-ring (bicyclic) bond motifs is 2. The highest BCUT2D eigenvalue weighted by Crippen LogP contribution is 2.26. The Morgan fingerprint density at radius 1 is 1.19 bits per heavy atom. The Labute approximate surface area is 189 Å². The van der Waals surface area contributed by atoms with Crippen LogP contribution in [0.1, 0.15) is 36.2 Å². The number of carbonyl (C=O) groups is 2. The molecule has 1 amide bonds. The lowest BCUT2D eigenvalue weighted by Crippen LogP contribution is -2.26. The fourth-order valence-corrected chi connectivity index (χ4v) is 4.65. The van der Waals surface area contributed by atoms with Gasteiger partial charge in [0, 0.05) is 29.2 Å². The molecule has 2 aromatic carbocycles. The minimum Gasteiger partial charge on any atom is -0.326 e. The number of thioether (sulfide) groups is 1. The number of aryl methyl sites for hydroxylation is 1. The third kappa shape index (κ3) is 4.67. The van der Waals surface area contributed by atoms with Crippen LogP contribution in [-0.2, 0) is 17.8 Å². The number of nitrogens with zero attached hydrogens (tertiary/aromatic N) is 2. The lowest BCUT2D eigenvalue weighted by molar-refractivity contribution is -0.116. The van der Waals surface area contributed by atoms with Crippen molar-refractivity contribution in [1.29, 1.82) is 0 Å². The van der Waals surface area contributed by atoms with Gasteiger partial charge in [-0.05, 0) is 54.3 Å². The molecule has 0 unspecified atom stereocenters. The van der Waals surface area contributed by atoms with E-state index in [2.05, 4.69) is 10.3 Å². The van der Waals surface area contributed by atoms with Gasteiger partial charge in [-0.3, -0.25) is 19.0 Å². The first-order chi connectivity index (χ1) is 14.8. The number of rotatable bonds is 6. The van der Waals surface area contributed by atoms with Gasteiger partial charge in [-0.25, -0.2) is 4.98 Å². The van der Waals surface area contributed by atoms with Crippen LogP contribution in [0.25, 0.3) is 10.9 Å². The minimum atomic E-state index is -0.152. The summed E-state index contributed by atoms with van der Waals surface area (Å²) in [7, 11) is 0. The van der Waals surface area contributed by atoms with E-state index in [1.807, 2.05) is 19.9 Å². The first kappa shape index (κ1) is 21.6. The number of hydrogen-bond acceptors (Lipinski definition) is 5. The maximum absolute atomic E-state index is 13.1. The summed E-state index contributed by atoms with van der Waals surface area (Å²) in [5, 5.41) is 4.30. The Morgan fingerprint density at radius 3 is 2.77 bits per heavy atom. The molecular weight excluding hydrogens is 434 g/mol. The van der Waals surface area contributed by atoms with Crippen LogP contribution in [0, 0.1) is 5.92 Å². The molecule has 160 valence electrons. The molecule has 3 aromatic rings. The fourth-order valence-electron chi connectivity index (χ4n) is 3.58. The van der Waals surface area contributed by atoms with Crippen molar-refractivity contribution >= 4 is 51.6 Å². The van der Waals surface area contributed by atoms with Gasteiger partial charge in [0.2, 0.25) is 5.91 Å². The topological polar surface area (TPSA) is 81.1 Å². The van der Waals surface area contributed by atoms with Crippen LogP contribution in [0.4, 0.5) is 5.69 Å². The van der Waals surface area contributed by atoms with E-state index >= 15 is 0 Å². The maximum Gasteiger partial charge on any atom is 0.262 e. The zero-order valence-corrected chi connectivity index (χ0v) is 18.8. The van der Waals surface area contributed by atoms with E-state index < -0.39 is 0 Å². The zero-order chi connectivity index (χ0) is 22.1. The van der Waals surface area contributed by atoms with Crippen LogP contribution in [0.15, 0.2) is 46.3 Å². The molecule has 2 heterocycles. The van der Waals surface area contributed by atoms with E-state index in [1.165, 1.54) is 11.8 Å². The van der Waals surface area contributed by atoms with Gasteiger partial charge in [-0.15, -0.1) is 0 Å². The molecule has 31 heavy (non-hydrogen) atoms. The van der Waals surface area contributed by atoms with Gasteiger partial charge < -0.3 is 5.32 Å². The Kier molecular flexibility index (Phi) is 6.16. The second-order valence-corrected chi connectivity index (χ2v) is 9.38. The van der Waals surface area contributed by atoms with E-state index in [9.17, 15) is 14.4 Å². The van der Waals surface area contributed by atoms with Crippen LogP contribution < -0.4 is 10.9 Å². The van der Waals surface area contributed by atoms with Crippen LogP contribution in [0.5, 0.6) is 0 Å². The summed E-state index contributed by atoms with van der Waals surface area (Å²) in [4.78, 5) is 42.1. The highest BCUT2D eigenvalue weighted by Gasteiger charge is 2.18. The molecule has 4 rings (SSSR count). The molecule has 1 aromatic heterocycles. The molecule has 8 heteroatoms. The minimum absolute atomic E-state index is 0.00563. The number of amides is 1. The van der Waals surface area contributed by atoms with Crippen molar-refractivity contribution in [2.45, 2.75) is 38.4 Å². The van der Waals surface area contributed by atoms with Gasteiger partial charge in [0.1, 0.15) is 0 Å². The van der Waals surface area contributed by atoms with Gasteiger partial charge >= 0.3 is 0 Å². The van der Waals surface area contributed by atoms with Gasteiger partial charge in [0.05, 0.1) is 16.7 Å². The highest BCUT2D eigenvalue weighted by molar-refractivity contribution is 7.99. The number of aromatic nitrogens is 2. The molecular formula is C23H22ClN3O3S. The average Bonchev–Trinajstić information content (AvgIpc) is 2.74. The van der Waals surface area contributed by atoms with E-state index in [1.54, 1.807) is 34.9 Å². The molecule has 1 aliphatic rings. The predicted octanol–water partition coefficient (Wildman–Crippen LogP) is 4.57. The summed E-state index contributed by atoms with van der Waals surface area (Å²) in [5.41, 5.74) is 2.73. The second kappa shape index (κ2) is 8.85. The maximum atomic E-state index is 13.1. The largest absolute Gasteiger partial charge is 0.326 e. The molecule has 0 bridgehead atoms. The second-order valence-electron chi connectivity index (χ2n) is 8.00. The Morgan fingerprint density at radius 2 is 2.00 bits per heavy atom. The first-order valence-electron chi connectivity index (χ1n) is 10.1. The van der Waals surface area contributed by atoms with Crippen molar-refractivity contribution < 1.29 is 9.59 Å². The van der Waals surface area contributed by atoms with Crippen LogP contribution in [0.3, 0.4) is 0 Å². The van der Waals surface area contributed by atoms with Gasteiger partial charge in [0.15, 0.2) is 10.9 Å². The smallest absolute Gasteiger partial charge is 0.262 e. The summed E-state index contributed by atoms with van der Waals surface area (Å²) in [6, 6.07) is 10.4. The van der Waals surface area contributed by atoms with E-state index in [-0.39, 0.29) is 28.9 Å². The van der Waals surface area contributed by atoms with Gasteiger partial charge in [0.25, 0.3) is 5.56 Å². The van der Waals surface area contributed by atoms with Crippen molar-refractivity contribution in [3.05, 3.63) is 62.9 Å². The van der Waals surface area contributed by atoms with Crippen LogP contribution >= 0.6 is 23.4 Å². The van der Waals surface area contributed by atoms with Crippen molar-refractivity contribution in [3.63, 3.8) is 0 Å². The first-order valence-corrected chi connectivity index (χ1v) is 11.5. The molecule has 6 nitrogen and oxygen atoms in total. The quantitative estimate of drug-likeness (QED) is 0.334. The number of anilines is 1. The molecule has 0 spiro atoms. The normalized spacial score (nSPS) is 13.4. The Balaban J connectivity index is 1.61. The number of Topliss-reactive ketones (excluding diaryl/α,β-unsaturated/α-hetero) is 1. The predicted molar refractivity (Wildman–Crippen MR) is 124 cm³/mol. The highest BCUT2D eigenvalue weighted by atomic mass is 35.5. The summed E-state index contributed by atoms with van der Waals surface area (Å²) in [6.45, 7) is 4.56. The fraction of sp³-hybridized carbons (Fsp3) is 0.304. The van der Waals surface area contributed by atoms with Crippen molar-refractivity contribution in [2.24, 2.45) is 5.92 Å². The van der Waals surface area contributed by atoms with Gasteiger partial charge in [-0.1, -0.05) is 37.2 Å². The Hall–Kier alpha value is -2.64. The molecule has 0 saturated carbocycles. The van der Waals surface area contributed by atoms with E-state index in [4.69, 9.17) is 11.6 Å². The molecule has 0 atom stereocenters. The molecule has 0 aliphatic carbocycles. The molecule has 0 radical (unpaired) electrons. The lowest BCUT2D eigenvalue weighted by atomic mass is 9.99. The molecule has 1 N–H and O–H groups in total. The Bertz CT molecular complexity index is 1250. The van der Waals surface area contributed by atoms with Gasteiger partial charge in [-0.2, -0.15) is 0 Å². The number of nitrogens with one attached hydrogen (secondary N) is 1. The van der Waals surface area contributed by atoms with Crippen molar-refractivity contribution in [2.75, 3.05) is 11.1 Å². The third-order valence-corrected chi connectivity index (χ3v) is 6.30. The third-order valence-electron chi connectivity index (χ3n) is 5.08. The number of carbonyl (C=O) groups excluding carboxylic acids is 2. The van der Waals surface area contributed by atoms with Crippen LogP contribution in [0.2, 0.25) is 5.02 Å². The zero-order valence-electron chi connectivity index (χ0n) is 17.3. The molecule has 0 saturated heterocycles. The molecule has 1 aliphatic heterocycles. The summed E-state index contributed by atoms with van der Waals surface area (Å²) >= 11 is 7.33. The summed E-state index contributed by atoms with van der Waals surface area (Å²) in [5.74, 6) is 0.344.